The van der Waals surface area contributed by atoms with Gasteiger partial charge in [0.05, 0.1) is 5.39 Å². The van der Waals surface area contributed by atoms with Crippen LogP contribution in [0.1, 0.15) is 0 Å². The van der Waals surface area contributed by atoms with Crippen LogP contribution < -0.4 is 11.3 Å². The minimum absolute atomic E-state index is 0.614. The molecule has 0 atom stereocenters. The Labute approximate surface area is 152 Å². The van der Waals surface area contributed by atoms with Crippen molar-refractivity contribution in [1.82, 2.24) is 14.5 Å². The molecule has 0 aliphatic heterocycles. The lowest BCUT2D eigenvalue weighted by Crippen LogP contribution is -2.09. The van der Waals surface area contributed by atoms with Gasteiger partial charge in [0.25, 0.3) is 0 Å². The maximum absolute atomic E-state index is 5.68. The molecule has 2 heterocycles. The number of nitrogens with two attached hydrogens (primary N) is 1. The van der Waals surface area contributed by atoms with Crippen molar-refractivity contribution in [2.45, 2.75) is 0 Å². The standard InChI is InChI=1S/C18H14IN5/c19-13-6-8-14(9-7-13)24-10-15(12-4-2-1-3-5-12)16-17(23-20)21-11-22-18(16)24/h1-11H,20H2,(H,21,22,23). The quantitative estimate of drug-likeness (QED) is 0.295. The van der Waals surface area contributed by atoms with Gasteiger partial charge >= 0.3 is 0 Å². The molecule has 5 nitrogen and oxygen atoms in total. The molecular formula is C18H14IN5. The first-order chi connectivity index (χ1) is 11.8. The topological polar surface area (TPSA) is 68.8 Å². The molecule has 2 aromatic carbocycles. The van der Waals surface area contributed by atoms with Crippen molar-refractivity contribution >= 4 is 39.4 Å². The van der Waals surface area contributed by atoms with Gasteiger partial charge in [0, 0.05) is 21.0 Å². The fourth-order valence-corrected chi connectivity index (χ4v) is 3.17. The molecule has 0 aliphatic rings. The van der Waals surface area contributed by atoms with Crippen molar-refractivity contribution in [3.63, 3.8) is 0 Å². The number of halogens is 1. The predicted octanol–water partition coefficient (Wildman–Crippen LogP) is 3.98. The van der Waals surface area contributed by atoms with Gasteiger partial charge in [0.1, 0.15) is 6.33 Å². The van der Waals surface area contributed by atoms with Crippen molar-refractivity contribution < 1.29 is 0 Å². The summed E-state index contributed by atoms with van der Waals surface area (Å²) >= 11 is 2.30. The highest BCUT2D eigenvalue weighted by atomic mass is 127. The monoisotopic (exact) mass is 427 g/mol. The summed E-state index contributed by atoms with van der Waals surface area (Å²) in [6, 6.07) is 18.5. The molecular weight excluding hydrogens is 413 g/mol. The number of hydrogen-bond acceptors (Lipinski definition) is 4. The zero-order valence-electron chi connectivity index (χ0n) is 12.6. The zero-order chi connectivity index (χ0) is 16.5. The van der Waals surface area contributed by atoms with Crippen molar-refractivity contribution in [1.29, 1.82) is 0 Å². The molecule has 4 aromatic rings. The lowest BCUT2D eigenvalue weighted by molar-refractivity contribution is 1.07. The highest BCUT2D eigenvalue weighted by Gasteiger charge is 2.16. The number of hydrogen-bond donors (Lipinski definition) is 2. The van der Waals surface area contributed by atoms with Crippen LogP contribution in [-0.2, 0) is 0 Å². The van der Waals surface area contributed by atoms with Crippen molar-refractivity contribution in [3.8, 4) is 16.8 Å². The van der Waals surface area contributed by atoms with E-state index in [0.717, 1.165) is 27.8 Å². The molecule has 0 unspecified atom stereocenters. The Kier molecular flexibility index (Phi) is 3.91. The largest absolute Gasteiger partial charge is 0.308 e. The van der Waals surface area contributed by atoms with E-state index in [9.17, 15) is 0 Å². The molecule has 4 rings (SSSR count). The number of anilines is 1. The first kappa shape index (κ1) is 15.1. The summed E-state index contributed by atoms with van der Waals surface area (Å²) in [6.07, 6.45) is 3.60. The average molecular weight is 427 g/mol. The highest BCUT2D eigenvalue weighted by Crippen LogP contribution is 2.34. The number of benzene rings is 2. The van der Waals surface area contributed by atoms with Crippen LogP contribution >= 0.6 is 22.6 Å². The Morgan fingerprint density at radius 1 is 0.958 bits per heavy atom. The van der Waals surface area contributed by atoms with Crippen LogP contribution in [0.3, 0.4) is 0 Å². The second-order valence-electron chi connectivity index (χ2n) is 5.32. The molecule has 2 aromatic heterocycles. The van der Waals surface area contributed by atoms with Gasteiger partial charge in [0.15, 0.2) is 11.5 Å². The smallest absolute Gasteiger partial charge is 0.153 e. The summed E-state index contributed by atoms with van der Waals surface area (Å²) in [5, 5.41) is 0.907. The van der Waals surface area contributed by atoms with Crippen molar-refractivity contribution in [2.75, 3.05) is 5.43 Å². The third kappa shape index (κ3) is 2.53. The summed E-state index contributed by atoms with van der Waals surface area (Å²) in [6.45, 7) is 0. The lowest BCUT2D eigenvalue weighted by Gasteiger charge is -2.05. The molecule has 0 amide bonds. The molecule has 118 valence electrons. The number of nitrogens with zero attached hydrogens (tertiary/aromatic N) is 3. The van der Waals surface area contributed by atoms with E-state index in [1.54, 1.807) is 0 Å². The average Bonchev–Trinajstić information content (AvgIpc) is 3.03. The number of nitrogens with one attached hydrogen (secondary N) is 1. The molecule has 0 fully saturated rings. The molecule has 3 N–H and O–H groups in total. The van der Waals surface area contributed by atoms with Crippen molar-refractivity contribution in [3.05, 3.63) is 70.7 Å². The van der Waals surface area contributed by atoms with E-state index in [2.05, 4.69) is 85.1 Å². The van der Waals surface area contributed by atoms with E-state index >= 15 is 0 Å². The fraction of sp³-hybridized carbons (Fsp3) is 0. The minimum Gasteiger partial charge on any atom is -0.308 e. The molecule has 0 radical (unpaired) electrons. The zero-order valence-corrected chi connectivity index (χ0v) is 14.8. The Balaban J connectivity index is 2.04. The van der Waals surface area contributed by atoms with E-state index < -0.39 is 0 Å². The van der Waals surface area contributed by atoms with Gasteiger partial charge in [-0.05, 0) is 52.4 Å². The van der Waals surface area contributed by atoms with Gasteiger partial charge in [-0.15, -0.1) is 0 Å². The van der Waals surface area contributed by atoms with Crippen LogP contribution in [0.25, 0.3) is 27.8 Å². The first-order valence-electron chi connectivity index (χ1n) is 7.42. The number of fused-ring (bicyclic) bond motifs is 1. The van der Waals surface area contributed by atoms with Crippen LogP contribution in [0, 0.1) is 3.57 Å². The van der Waals surface area contributed by atoms with Crippen LogP contribution in [-0.4, -0.2) is 14.5 Å². The molecule has 0 aliphatic carbocycles. The van der Waals surface area contributed by atoms with E-state index in [1.807, 2.05) is 18.2 Å². The summed E-state index contributed by atoms with van der Waals surface area (Å²) in [5.74, 6) is 6.29. The number of hydrazine groups is 1. The summed E-state index contributed by atoms with van der Waals surface area (Å²) in [4.78, 5) is 8.76. The predicted molar refractivity (Wildman–Crippen MR) is 105 cm³/mol. The van der Waals surface area contributed by atoms with E-state index in [0.29, 0.717) is 5.82 Å². The van der Waals surface area contributed by atoms with Gasteiger partial charge in [-0.3, -0.25) is 0 Å². The molecule has 0 bridgehead atoms. The third-order valence-corrected chi connectivity index (χ3v) is 4.63. The Bertz CT molecular complexity index is 993. The number of rotatable bonds is 3. The first-order valence-corrected chi connectivity index (χ1v) is 8.50. The summed E-state index contributed by atoms with van der Waals surface area (Å²) < 4.78 is 3.26. The lowest BCUT2D eigenvalue weighted by atomic mass is 10.1. The normalized spacial score (nSPS) is 10.9. The third-order valence-electron chi connectivity index (χ3n) is 3.91. The van der Waals surface area contributed by atoms with E-state index in [4.69, 9.17) is 5.84 Å². The van der Waals surface area contributed by atoms with Gasteiger partial charge in [-0.1, -0.05) is 30.3 Å². The second kappa shape index (κ2) is 6.21. The highest BCUT2D eigenvalue weighted by molar-refractivity contribution is 14.1. The number of nitrogen functional groups attached to an aromatic ring is 1. The molecule has 0 saturated carbocycles. The van der Waals surface area contributed by atoms with Crippen LogP contribution in [0.15, 0.2) is 67.1 Å². The fourth-order valence-electron chi connectivity index (χ4n) is 2.81. The summed E-state index contributed by atoms with van der Waals surface area (Å²) in [7, 11) is 0. The number of aromatic nitrogens is 3. The van der Waals surface area contributed by atoms with Crippen molar-refractivity contribution in [2.24, 2.45) is 5.84 Å². The Morgan fingerprint density at radius 3 is 2.42 bits per heavy atom. The van der Waals surface area contributed by atoms with Gasteiger partial charge in [-0.2, -0.15) is 0 Å². The van der Waals surface area contributed by atoms with Gasteiger partial charge in [0.2, 0.25) is 0 Å². The summed E-state index contributed by atoms with van der Waals surface area (Å²) in [5.41, 5.74) is 6.69. The Hall–Kier alpha value is -2.45. The maximum atomic E-state index is 5.68. The molecule has 24 heavy (non-hydrogen) atoms. The van der Waals surface area contributed by atoms with Crippen LogP contribution in [0.2, 0.25) is 0 Å². The second-order valence-corrected chi connectivity index (χ2v) is 6.57. The van der Waals surface area contributed by atoms with Gasteiger partial charge < -0.3 is 9.99 Å². The minimum atomic E-state index is 0.614. The van der Waals surface area contributed by atoms with Gasteiger partial charge in [-0.25, -0.2) is 15.8 Å². The Morgan fingerprint density at radius 2 is 1.71 bits per heavy atom. The van der Waals surface area contributed by atoms with Crippen LogP contribution in [0.5, 0.6) is 0 Å². The van der Waals surface area contributed by atoms with Crippen LogP contribution in [0.4, 0.5) is 5.82 Å². The van der Waals surface area contributed by atoms with E-state index in [-0.39, 0.29) is 0 Å². The molecule has 6 heteroatoms. The SMILES string of the molecule is NNc1ncnc2c1c(-c1ccccc1)cn2-c1ccc(I)cc1. The van der Waals surface area contributed by atoms with E-state index in [1.165, 1.54) is 9.90 Å². The molecule has 0 spiro atoms. The maximum Gasteiger partial charge on any atom is 0.153 e. The molecule has 0 saturated heterocycles.